The van der Waals surface area contributed by atoms with Gasteiger partial charge in [-0.3, -0.25) is 0 Å². The molecule has 0 aliphatic carbocycles. The van der Waals surface area contributed by atoms with Crippen molar-refractivity contribution in [2.24, 2.45) is 0 Å². The fourth-order valence-corrected chi connectivity index (χ4v) is 2.17. The SMILES string of the molecule is CNc1nnc(-c2ccnc(OC)c2)c2ccccc12. The molecule has 3 rings (SSSR count). The first-order chi connectivity index (χ1) is 9.83. The van der Waals surface area contributed by atoms with Gasteiger partial charge >= 0.3 is 0 Å². The van der Waals surface area contributed by atoms with E-state index in [0.717, 1.165) is 27.8 Å². The zero-order valence-corrected chi connectivity index (χ0v) is 11.3. The first-order valence-electron chi connectivity index (χ1n) is 6.27. The molecular formula is C15H14N4O. The Morgan fingerprint density at radius 1 is 1.05 bits per heavy atom. The molecule has 0 bridgehead atoms. The largest absolute Gasteiger partial charge is 0.481 e. The molecule has 2 aromatic heterocycles. The summed E-state index contributed by atoms with van der Waals surface area (Å²) in [5.74, 6) is 1.33. The Morgan fingerprint density at radius 2 is 1.85 bits per heavy atom. The topological polar surface area (TPSA) is 59.9 Å². The van der Waals surface area contributed by atoms with Gasteiger partial charge in [0.1, 0.15) is 5.69 Å². The third-order valence-electron chi connectivity index (χ3n) is 3.14. The van der Waals surface area contributed by atoms with Gasteiger partial charge in [0, 0.05) is 35.6 Å². The minimum Gasteiger partial charge on any atom is -0.481 e. The van der Waals surface area contributed by atoms with Crippen LogP contribution < -0.4 is 10.1 Å². The first-order valence-corrected chi connectivity index (χ1v) is 6.27. The molecule has 100 valence electrons. The molecule has 0 amide bonds. The molecular weight excluding hydrogens is 252 g/mol. The lowest BCUT2D eigenvalue weighted by atomic mass is 10.1. The highest BCUT2D eigenvalue weighted by Crippen LogP contribution is 2.30. The van der Waals surface area contributed by atoms with Crippen molar-refractivity contribution in [1.82, 2.24) is 15.2 Å². The second-order valence-electron chi connectivity index (χ2n) is 4.28. The maximum absolute atomic E-state index is 5.16. The van der Waals surface area contributed by atoms with Gasteiger partial charge in [-0.25, -0.2) is 4.98 Å². The van der Waals surface area contributed by atoms with Crippen LogP contribution in [0.1, 0.15) is 0 Å². The average molecular weight is 266 g/mol. The van der Waals surface area contributed by atoms with Crippen molar-refractivity contribution in [2.45, 2.75) is 0 Å². The van der Waals surface area contributed by atoms with Crippen LogP contribution in [0.3, 0.4) is 0 Å². The highest BCUT2D eigenvalue weighted by atomic mass is 16.5. The van der Waals surface area contributed by atoms with Crippen molar-refractivity contribution in [1.29, 1.82) is 0 Å². The molecule has 5 heteroatoms. The van der Waals surface area contributed by atoms with Crippen molar-refractivity contribution in [3.05, 3.63) is 42.6 Å². The van der Waals surface area contributed by atoms with E-state index < -0.39 is 0 Å². The fourth-order valence-electron chi connectivity index (χ4n) is 2.17. The quantitative estimate of drug-likeness (QED) is 0.789. The number of pyridine rings is 1. The van der Waals surface area contributed by atoms with Gasteiger partial charge < -0.3 is 10.1 Å². The summed E-state index contributed by atoms with van der Waals surface area (Å²) in [6.07, 6.45) is 1.70. The van der Waals surface area contributed by atoms with E-state index in [1.165, 1.54) is 0 Å². The number of aromatic nitrogens is 3. The standard InChI is InChI=1S/C15H14N4O/c1-16-15-12-6-4-3-5-11(12)14(18-19-15)10-7-8-17-13(9-10)20-2/h3-9H,1-2H3,(H,16,19). The van der Waals surface area contributed by atoms with Crippen LogP contribution in [0.5, 0.6) is 5.88 Å². The van der Waals surface area contributed by atoms with Crippen LogP contribution in [-0.2, 0) is 0 Å². The molecule has 0 spiro atoms. The number of ether oxygens (including phenoxy) is 1. The summed E-state index contributed by atoms with van der Waals surface area (Å²) < 4.78 is 5.16. The number of anilines is 1. The molecule has 1 N–H and O–H groups in total. The second kappa shape index (κ2) is 5.13. The second-order valence-corrected chi connectivity index (χ2v) is 4.28. The number of hydrogen-bond donors (Lipinski definition) is 1. The molecule has 2 heterocycles. The van der Waals surface area contributed by atoms with Gasteiger partial charge in [0.2, 0.25) is 5.88 Å². The van der Waals surface area contributed by atoms with Crippen molar-refractivity contribution in [3.8, 4) is 17.1 Å². The Labute approximate surface area is 116 Å². The number of nitrogens with zero attached hydrogens (tertiary/aromatic N) is 3. The van der Waals surface area contributed by atoms with Crippen molar-refractivity contribution in [3.63, 3.8) is 0 Å². The molecule has 5 nitrogen and oxygen atoms in total. The third kappa shape index (κ3) is 2.03. The van der Waals surface area contributed by atoms with E-state index in [1.54, 1.807) is 13.3 Å². The summed E-state index contributed by atoms with van der Waals surface area (Å²) in [4.78, 5) is 4.11. The minimum atomic E-state index is 0.561. The van der Waals surface area contributed by atoms with Crippen molar-refractivity contribution >= 4 is 16.6 Å². The molecule has 0 saturated carbocycles. The lowest BCUT2D eigenvalue weighted by molar-refractivity contribution is 0.398. The van der Waals surface area contributed by atoms with E-state index in [-0.39, 0.29) is 0 Å². The van der Waals surface area contributed by atoms with Gasteiger partial charge in [0.25, 0.3) is 0 Å². The van der Waals surface area contributed by atoms with Crippen LogP contribution in [0, 0.1) is 0 Å². The highest BCUT2D eigenvalue weighted by Gasteiger charge is 2.10. The maximum atomic E-state index is 5.16. The van der Waals surface area contributed by atoms with Crippen LogP contribution in [-0.4, -0.2) is 29.3 Å². The Hall–Kier alpha value is -2.69. The Morgan fingerprint density at radius 3 is 2.60 bits per heavy atom. The number of rotatable bonds is 3. The molecule has 0 aliphatic rings. The predicted molar refractivity (Wildman–Crippen MR) is 78.9 cm³/mol. The van der Waals surface area contributed by atoms with E-state index in [2.05, 4.69) is 20.5 Å². The van der Waals surface area contributed by atoms with Gasteiger partial charge in [-0.2, -0.15) is 0 Å². The number of hydrogen-bond acceptors (Lipinski definition) is 5. The molecule has 0 atom stereocenters. The summed E-state index contributed by atoms with van der Waals surface area (Å²) in [5.41, 5.74) is 1.75. The minimum absolute atomic E-state index is 0.561. The highest BCUT2D eigenvalue weighted by molar-refractivity contribution is 5.99. The lowest BCUT2D eigenvalue weighted by Crippen LogP contribution is -1.98. The fraction of sp³-hybridized carbons (Fsp3) is 0.133. The summed E-state index contributed by atoms with van der Waals surface area (Å²) in [6.45, 7) is 0. The molecule has 1 aromatic carbocycles. The lowest BCUT2D eigenvalue weighted by Gasteiger charge is -2.09. The van der Waals surface area contributed by atoms with E-state index in [4.69, 9.17) is 4.74 Å². The third-order valence-corrected chi connectivity index (χ3v) is 3.14. The summed E-state index contributed by atoms with van der Waals surface area (Å²) in [5, 5.41) is 13.7. The van der Waals surface area contributed by atoms with E-state index in [0.29, 0.717) is 5.88 Å². The molecule has 0 radical (unpaired) electrons. The molecule has 20 heavy (non-hydrogen) atoms. The Balaban J connectivity index is 2.26. The van der Waals surface area contributed by atoms with Crippen molar-refractivity contribution in [2.75, 3.05) is 19.5 Å². The summed E-state index contributed by atoms with van der Waals surface area (Å²) >= 11 is 0. The van der Waals surface area contributed by atoms with Crippen LogP contribution in [0.15, 0.2) is 42.6 Å². The number of methoxy groups -OCH3 is 1. The summed E-state index contributed by atoms with van der Waals surface area (Å²) in [7, 11) is 3.44. The van der Waals surface area contributed by atoms with Gasteiger partial charge in [0.15, 0.2) is 5.82 Å². The van der Waals surface area contributed by atoms with Crippen LogP contribution in [0.25, 0.3) is 22.0 Å². The number of nitrogens with one attached hydrogen (secondary N) is 1. The smallest absolute Gasteiger partial charge is 0.213 e. The molecule has 0 saturated heterocycles. The summed E-state index contributed by atoms with van der Waals surface area (Å²) in [6, 6.07) is 11.8. The average Bonchev–Trinajstić information content (AvgIpc) is 2.54. The van der Waals surface area contributed by atoms with Crippen molar-refractivity contribution < 1.29 is 4.74 Å². The van der Waals surface area contributed by atoms with Crippen LogP contribution in [0.4, 0.5) is 5.82 Å². The Kier molecular flexibility index (Phi) is 3.16. The molecule has 0 aliphatic heterocycles. The van der Waals surface area contributed by atoms with E-state index in [1.807, 2.05) is 43.4 Å². The maximum Gasteiger partial charge on any atom is 0.213 e. The van der Waals surface area contributed by atoms with Crippen LogP contribution in [0.2, 0.25) is 0 Å². The number of fused-ring (bicyclic) bond motifs is 1. The predicted octanol–water partition coefficient (Wildman–Crippen LogP) is 2.74. The van der Waals surface area contributed by atoms with E-state index >= 15 is 0 Å². The van der Waals surface area contributed by atoms with Gasteiger partial charge in [0.05, 0.1) is 7.11 Å². The van der Waals surface area contributed by atoms with E-state index in [9.17, 15) is 0 Å². The van der Waals surface area contributed by atoms with Gasteiger partial charge in [-0.05, 0) is 6.07 Å². The number of benzene rings is 1. The van der Waals surface area contributed by atoms with Crippen LogP contribution >= 0.6 is 0 Å². The molecule has 0 unspecified atom stereocenters. The zero-order chi connectivity index (χ0) is 13.9. The monoisotopic (exact) mass is 266 g/mol. The first kappa shape index (κ1) is 12.3. The normalized spacial score (nSPS) is 10.5. The molecule has 0 fully saturated rings. The van der Waals surface area contributed by atoms with Gasteiger partial charge in [-0.1, -0.05) is 24.3 Å². The zero-order valence-electron chi connectivity index (χ0n) is 11.3. The van der Waals surface area contributed by atoms with Gasteiger partial charge in [-0.15, -0.1) is 10.2 Å². The Bertz CT molecular complexity index is 758. The molecule has 3 aromatic rings.